The Kier molecular flexibility index (Phi) is 3.85. The predicted molar refractivity (Wildman–Crippen MR) is 97.4 cm³/mol. The van der Waals surface area contributed by atoms with Gasteiger partial charge in [0, 0.05) is 35.1 Å². The molecule has 1 amide bonds. The summed E-state index contributed by atoms with van der Waals surface area (Å²) < 4.78 is 27.4. The largest absolute Gasteiger partial charge is 0.359 e. The molecular formula is C19H12ClF2N3O. The Bertz CT molecular complexity index is 1190. The fourth-order valence-electron chi connectivity index (χ4n) is 3.02. The molecule has 0 aliphatic rings. The Hall–Kier alpha value is -2.99. The molecule has 4 aromatic rings. The number of carbonyl (C=O) groups is 1. The number of rotatable bonds is 2. The van der Waals surface area contributed by atoms with Crippen molar-refractivity contribution in [3.8, 4) is 11.3 Å². The maximum atomic E-state index is 13.8. The lowest BCUT2D eigenvalue weighted by atomic mass is 10.0. The molecule has 2 aromatic carbocycles. The Morgan fingerprint density at radius 2 is 2.00 bits per heavy atom. The molecule has 0 saturated heterocycles. The molecule has 26 heavy (non-hydrogen) atoms. The lowest BCUT2D eigenvalue weighted by Gasteiger charge is -2.07. The van der Waals surface area contributed by atoms with E-state index in [0.717, 1.165) is 6.07 Å². The first-order chi connectivity index (χ1) is 12.5. The quantitative estimate of drug-likeness (QED) is 0.503. The number of hydrogen-bond donors (Lipinski definition) is 2. The zero-order valence-corrected chi connectivity index (χ0v) is 14.3. The van der Waals surface area contributed by atoms with Gasteiger partial charge in [-0.25, -0.2) is 13.8 Å². The van der Waals surface area contributed by atoms with Gasteiger partial charge in [0.25, 0.3) is 5.91 Å². The molecular weight excluding hydrogens is 360 g/mol. The number of aromatic amines is 1. The highest BCUT2D eigenvalue weighted by Gasteiger charge is 2.17. The SMILES string of the molecule is CNC(=O)c1cccc2nc(-c3c[nH]c4c(Cl)c(F)c(F)cc34)ccc12. The minimum Gasteiger partial charge on any atom is -0.359 e. The minimum absolute atomic E-state index is 0.207. The van der Waals surface area contributed by atoms with Gasteiger partial charge in [0.2, 0.25) is 0 Å². The highest BCUT2D eigenvalue weighted by molar-refractivity contribution is 6.35. The molecule has 0 fully saturated rings. The van der Waals surface area contributed by atoms with Crippen LogP contribution in [0.25, 0.3) is 33.1 Å². The summed E-state index contributed by atoms with van der Waals surface area (Å²) in [6.45, 7) is 0. The fourth-order valence-corrected chi connectivity index (χ4v) is 3.27. The van der Waals surface area contributed by atoms with Crippen LogP contribution >= 0.6 is 11.6 Å². The van der Waals surface area contributed by atoms with Gasteiger partial charge in [-0.05, 0) is 30.3 Å². The van der Waals surface area contributed by atoms with Crippen LogP contribution in [0.15, 0.2) is 42.6 Å². The lowest BCUT2D eigenvalue weighted by Crippen LogP contribution is -2.18. The van der Waals surface area contributed by atoms with Crippen LogP contribution in [0.3, 0.4) is 0 Å². The van der Waals surface area contributed by atoms with E-state index < -0.39 is 11.6 Å². The lowest BCUT2D eigenvalue weighted by molar-refractivity contribution is 0.0964. The highest BCUT2D eigenvalue weighted by atomic mass is 35.5. The Balaban J connectivity index is 1.93. The molecule has 2 N–H and O–H groups in total. The number of halogens is 3. The van der Waals surface area contributed by atoms with Gasteiger partial charge in [-0.2, -0.15) is 0 Å². The second-order valence-corrected chi connectivity index (χ2v) is 6.14. The van der Waals surface area contributed by atoms with Crippen molar-refractivity contribution in [3.63, 3.8) is 0 Å². The molecule has 0 saturated carbocycles. The molecule has 0 spiro atoms. The summed E-state index contributed by atoms with van der Waals surface area (Å²) in [4.78, 5) is 19.4. The fraction of sp³-hybridized carbons (Fsp3) is 0.0526. The van der Waals surface area contributed by atoms with Crippen molar-refractivity contribution in [3.05, 3.63) is 64.8 Å². The van der Waals surface area contributed by atoms with Crippen molar-refractivity contribution in [2.45, 2.75) is 0 Å². The third-order valence-electron chi connectivity index (χ3n) is 4.29. The number of fused-ring (bicyclic) bond motifs is 2. The van der Waals surface area contributed by atoms with Crippen molar-refractivity contribution in [2.24, 2.45) is 0 Å². The van der Waals surface area contributed by atoms with Crippen LogP contribution in [0.2, 0.25) is 5.02 Å². The van der Waals surface area contributed by atoms with Gasteiger partial charge < -0.3 is 10.3 Å². The van der Waals surface area contributed by atoms with E-state index in [1.165, 1.54) is 0 Å². The molecule has 2 aromatic heterocycles. The summed E-state index contributed by atoms with van der Waals surface area (Å²) >= 11 is 5.89. The molecule has 0 radical (unpaired) electrons. The number of hydrogen-bond acceptors (Lipinski definition) is 2. The van der Waals surface area contributed by atoms with Crippen LogP contribution in [0, 0.1) is 11.6 Å². The van der Waals surface area contributed by atoms with Crippen LogP contribution in [0.1, 0.15) is 10.4 Å². The maximum Gasteiger partial charge on any atom is 0.251 e. The summed E-state index contributed by atoms with van der Waals surface area (Å²) in [5.41, 5.74) is 2.58. The maximum absolute atomic E-state index is 13.8. The molecule has 0 unspecified atom stereocenters. The monoisotopic (exact) mass is 371 g/mol. The standard InChI is InChI=1S/C19H12ClF2N3O/c1-23-19(26)10-3-2-4-14-9(10)5-6-15(25-14)12-8-24-18-11(12)7-13(21)17(22)16(18)20/h2-8,24H,1H3,(H,23,26). The third-order valence-corrected chi connectivity index (χ3v) is 4.65. The molecule has 2 heterocycles. The molecule has 0 bridgehead atoms. The van der Waals surface area contributed by atoms with E-state index in [0.29, 0.717) is 38.6 Å². The number of amides is 1. The summed E-state index contributed by atoms with van der Waals surface area (Å²) in [7, 11) is 1.56. The van der Waals surface area contributed by atoms with Crippen molar-refractivity contribution in [2.75, 3.05) is 7.05 Å². The molecule has 4 rings (SSSR count). The molecule has 0 aliphatic carbocycles. The third kappa shape index (κ3) is 2.42. The average Bonchev–Trinajstić information content (AvgIpc) is 3.08. The first-order valence-electron chi connectivity index (χ1n) is 7.78. The van der Waals surface area contributed by atoms with E-state index in [9.17, 15) is 13.6 Å². The molecule has 130 valence electrons. The van der Waals surface area contributed by atoms with Gasteiger partial charge >= 0.3 is 0 Å². The van der Waals surface area contributed by atoms with Crippen molar-refractivity contribution in [1.82, 2.24) is 15.3 Å². The normalized spacial score (nSPS) is 11.2. The van der Waals surface area contributed by atoms with E-state index in [1.807, 2.05) is 0 Å². The molecule has 4 nitrogen and oxygen atoms in total. The summed E-state index contributed by atoms with van der Waals surface area (Å²) in [5, 5.41) is 3.43. The van der Waals surface area contributed by atoms with Crippen LogP contribution < -0.4 is 5.32 Å². The first-order valence-corrected chi connectivity index (χ1v) is 8.16. The number of benzene rings is 2. The van der Waals surface area contributed by atoms with E-state index in [2.05, 4.69) is 15.3 Å². The van der Waals surface area contributed by atoms with Gasteiger partial charge in [0.05, 0.1) is 16.7 Å². The number of H-pyrrole nitrogens is 1. The second-order valence-electron chi connectivity index (χ2n) is 5.76. The Labute approximate surface area is 151 Å². The van der Waals surface area contributed by atoms with E-state index in [4.69, 9.17) is 11.6 Å². The summed E-state index contributed by atoms with van der Waals surface area (Å²) in [5.74, 6) is -2.32. The minimum atomic E-state index is -1.09. The van der Waals surface area contributed by atoms with Crippen LogP contribution in [-0.4, -0.2) is 22.9 Å². The van der Waals surface area contributed by atoms with Gasteiger partial charge in [0.15, 0.2) is 11.6 Å². The van der Waals surface area contributed by atoms with Gasteiger partial charge in [-0.1, -0.05) is 17.7 Å². The van der Waals surface area contributed by atoms with Crippen molar-refractivity contribution in [1.29, 1.82) is 0 Å². The second kappa shape index (κ2) is 6.07. The van der Waals surface area contributed by atoms with E-state index in [-0.39, 0.29) is 10.9 Å². The van der Waals surface area contributed by atoms with Gasteiger partial charge in [-0.3, -0.25) is 4.79 Å². The van der Waals surface area contributed by atoms with Gasteiger partial charge in [0.1, 0.15) is 5.02 Å². The average molecular weight is 372 g/mol. The zero-order chi connectivity index (χ0) is 18.4. The van der Waals surface area contributed by atoms with Crippen LogP contribution in [-0.2, 0) is 0 Å². The Morgan fingerprint density at radius 1 is 1.19 bits per heavy atom. The smallest absolute Gasteiger partial charge is 0.251 e. The van der Waals surface area contributed by atoms with Crippen LogP contribution in [0.4, 0.5) is 8.78 Å². The zero-order valence-electron chi connectivity index (χ0n) is 13.5. The topological polar surface area (TPSA) is 57.8 Å². The number of aromatic nitrogens is 2. The predicted octanol–water partition coefficient (Wildman–Crippen LogP) is 4.67. The number of carbonyl (C=O) groups excluding carboxylic acids is 1. The van der Waals surface area contributed by atoms with Crippen LogP contribution in [0.5, 0.6) is 0 Å². The van der Waals surface area contributed by atoms with E-state index >= 15 is 0 Å². The highest BCUT2D eigenvalue weighted by Crippen LogP contribution is 2.35. The number of pyridine rings is 1. The first kappa shape index (κ1) is 16.5. The summed E-state index contributed by atoms with van der Waals surface area (Å²) in [6.07, 6.45) is 1.60. The van der Waals surface area contributed by atoms with Crippen molar-refractivity contribution >= 4 is 39.3 Å². The van der Waals surface area contributed by atoms with Gasteiger partial charge in [-0.15, -0.1) is 0 Å². The Morgan fingerprint density at radius 3 is 2.77 bits per heavy atom. The van der Waals surface area contributed by atoms with E-state index in [1.54, 1.807) is 43.6 Å². The number of nitrogens with one attached hydrogen (secondary N) is 2. The van der Waals surface area contributed by atoms with Crippen molar-refractivity contribution < 1.29 is 13.6 Å². The molecule has 0 atom stereocenters. The molecule has 0 aliphatic heterocycles. The molecule has 7 heteroatoms. The number of nitrogens with zero attached hydrogens (tertiary/aromatic N) is 1. The summed E-state index contributed by atoms with van der Waals surface area (Å²) in [6, 6.07) is 9.84.